The first-order valence-electron chi connectivity index (χ1n) is 3.85. The Morgan fingerprint density at radius 2 is 2.29 bits per heavy atom. The smallest absolute Gasteiger partial charge is 0.327 e. The van der Waals surface area contributed by atoms with Crippen LogP contribution in [0.4, 0.5) is 4.39 Å². The van der Waals surface area contributed by atoms with Crippen LogP contribution in [0.2, 0.25) is 0 Å². The fourth-order valence-corrected chi connectivity index (χ4v) is 1.64. The van der Waals surface area contributed by atoms with Crippen LogP contribution in [0.1, 0.15) is 11.6 Å². The van der Waals surface area contributed by atoms with Crippen LogP contribution in [0.25, 0.3) is 0 Å². The molecule has 0 aromatic heterocycles. The fourth-order valence-electron chi connectivity index (χ4n) is 1.05. The summed E-state index contributed by atoms with van der Waals surface area (Å²) in [5.41, 5.74) is 5.62. The second-order valence-electron chi connectivity index (χ2n) is 2.64. The highest BCUT2D eigenvalue weighted by Gasteiger charge is 2.22. The molecule has 1 atom stereocenters. The maximum atomic E-state index is 13.3. The molecule has 2 N–H and O–H groups in total. The molecular weight excluding hydrogens is 253 g/mol. The van der Waals surface area contributed by atoms with Crippen LogP contribution in [0.3, 0.4) is 0 Å². The molecule has 0 unspecified atom stereocenters. The van der Waals surface area contributed by atoms with E-state index in [1.54, 1.807) is 6.07 Å². The number of hydrogen-bond donors (Lipinski definition) is 1. The zero-order valence-corrected chi connectivity index (χ0v) is 9.05. The highest BCUT2D eigenvalue weighted by atomic mass is 79.9. The van der Waals surface area contributed by atoms with Gasteiger partial charge in [-0.25, -0.2) is 4.39 Å². The molecule has 0 amide bonds. The monoisotopic (exact) mass is 261 g/mol. The first-order valence-corrected chi connectivity index (χ1v) is 4.64. The van der Waals surface area contributed by atoms with Crippen LogP contribution in [-0.2, 0) is 9.53 Å². The summed E-state index contributed by atoms with van der Waals surface area (Å²) in [6.07, 6.45) is 0. The van der Waals surface area contributed by atoms with Crippen LogP contribution in [-0.4, -0.2) is 13.1 Å². The van der Waals surface area contributed by atoms with Gasteiger partial charge in [-0.15, -0.1) is 0 Å². The van der Waals surface area contributed by atoms with Crippen molar-refractivity contribution >= 4 is 21.9 Å². The van der Waals surface area contributed by atoms with Gasteiger partial charge < -0.3 is 10.5 Å². The van der Waals surface area contributed by atoms with Crippen molar-refractivity contribution in [3.63, 3.8) is 0 Å². The van der Waals surface area contributed by atoms with Gasteiger partial charge >= 0.3 is 5.97 Å². The molecule has 14 heavy (non-hydrogen) atoms. The van der Waals surface area contributed by atoms with Crippen molar-refractivity contribution in [1.82, 2.24) is 0 Å². The van der Waals surface area contributed by atoms with E-state index in [1.807, 2.05) is 0 Å². The van der Waals surface area contributed by atoms with E-state index < -0.39 is 17.8 Å². The molecule has 0 heterocycles. The average molecular weight is 262 g/mol. The zero-order chi connectivity index (χ0) is 10.7. The molecule has 3 nitrogen and oxygen atoms in total. The number of benzene rings is 1. The number of methoxy groups -OCH3 is 1. The Morgan fingerprint density at radius 3 is 2.79 bits per heavy atom. The lowest BCUT2D eigenvalue weighted by Crippen LogP contribution is -2.24. The van der Waals surface area contributed by atoms with Gasteiger partial charge in [0.25, 0.3) is 0 Å². The van der Waals surface area contributed by atoms with Gasteiger partial charge in [-0.1, -0.05) is 22.0 Å². The summed E-state index contributed by atoms with van der Waals surface area (Å²) in [6.45, 7) is 0. The molecule has 1 aromatic carbocycles. The summed E-state index contributed by atoms with van der Waals surface area (Å²) in [6, 6.07) is 3.27. The van der Waals surface area contributed by atoms with Gasteiger partial charge in [-0.05, 0) is 12.1 Å². The average Bonchev–Trinajstić information content (AvgIpc) is 2.16. The summed E-state index contributed by atoms with van der Waals surface area (Å²) in [5, 5.41) is 0. The van der Waals surface area contributed by atoms with E-state index in [2.05, 4.69) is 20.7 Å². The third-order valence-corrected chi connectivity index (χ3v) is 2.46. The maximum Gasteiger partial charge on any atom is 0.327 e. The van der Waals surface area contributed by atoms with Gasteiger partial charge in [-0.2, -0.15) is 0 Å². The highest BCUT2D eigenvalue weighted by Crippen LogP contribution is 2.25. The molecule has 5 heteroatoms. The molecule has 76 valence electrons. The molecule has 0 spiro atoms. The van der Waals surface area contributed by atoms with E-state index in [4.69, 9.17) is 5.73 Å². The van der Waals surface area contributed by atoms with Gasteiger partial charge in [0.05, 0.1) is 7.11 Å². The molecule has 0 saturated carbocycles. The van der Waals surface area contributed by atoms with Crippen LogP contribution in [0.5, 0.6) is 0 Å². The Kier molecular flexibility index (Phi) is 3.60. The second-order valence-corrected chi connectivity index (χ2v) is 3.49. The van der Waals surface area contributed by atoms with E-state index in [-0.39, 0.29) is 5.56 Å². The first-order chi connectivity index (χ1) is 6.57. The Labute approximate surface area is 89.2 Å². The van der Waals surface area contributed by atoms with E-state index >= 15 is 0 Å². The Bertz CT molecular complexity index is 336. The van der Waals surface area contributed by atoms with Gasteiger partial charge in [0.1, 0.15) is 11.9 Å². The fraction of sp³-hybridized carbons (Fsp3) is 0.222. The molecule has 0 aliphatic heterocycles. The van der Waals surface area contributed by atoms with E-state index in [1.165, 1.54) is 19.2 Å². The van der Waals surface area contributed by atoms with Crippen molar-refractivity contribution < 1.29 is 13.9 Å². The summed E-state index contributed by atoms with van der Waals surface area (Å²) in [7, 11) is 1.21. The number of rotatable bonds is 2. The summed E-state index contributed by atoms with van der Waals surface area (Å²) in [5.74, 6) is -1.20. The normalized spacial score (nSPS) is 12.3. The van der Waals surface area contributed by atoms with Crippen LogP contribution < -0.4 is 5.73 Å². The minimum absolute atomic E-state index is 0.111. The zero-order valence-electron chi connectivity index (χ0n) is 7.46. The largest absolute Gasteiger partial charge is 0.468 e. The van der Waals surface area contributed by atoms with Gasteiger partial charge in [-0.3, -0.25) is 4.79 Å². The van der Waals surface area contributed by atoms with E-state index in [9.17, 15) is 9.18 Å². The first kappa shape index (κ1) is 11.1. The second kappa shape index (κ2) is 4.52. The maximum absolute atomic E-state index is 13.3. The standard InChI is InChI=1S/C9H9BrFNO2/c1-14-9(13)8(12)7-5(10)3-2-4-6(7)11/h2-4,8H,12H2,1H3/t8-/m1/s1. The van der Waals surface area contributed by atoms with Gasteiger partial charge in [0.15, 0.2) is 0 Å². The molecule has 1 rings (SSSR count). The minimum Gasteiger partial charge on any atom is -0.468 e. The topological polar surface area (TPSA) is 52.3 Å². The predicted molar refractivity (Wildman–Crippen MR) is 53.0 cm³/mol. The van der Waals surface area contributed by atoms with Crippen molar-refractivity contribution in [3.8, 4) is 0 Å². The Balaban J connectivity index is 3.11. The van der Waals surface area contributed by atoms with Gasteiger partial charge in [0.2, 0.25) is 0 Å². The molecule has 0 aliphatic carbocycles. The third kappa shape index (κ3) is 2.10. The molecule has 1 aromatic rings. The number of hydrogen-bond acceptors (Lipinski definition) is 3. The molecule has 0 aliphatic rings. The lowest BCUT2D eigenvalue weighted by atomic mass is 10.1. The van der Waals surface area contributed by atoms with Crippen molar-refractivity contribution in [3.05, 3.63) is 34.1 Å². The molecule has 0 bridgehead atoms. The number of carbonyl (C=O) groups is 1. The number of ether oxygens (including phenoxy) is 1. The lowest BCUT2D eigenvalue weighted by molar-refractivity contribution is -0.142. The molecule has 0 saturated heterocycles. The predicted octanol–water partition coefficient (Wildman–Crippen LogP) is 1.76. The summed E-state index contributed by atoms with van der Waals surface area (Å²) >= 11 is 3.12. The highest BCUT2D eigenvalue weighted by molar-refractivity contribution is 9.10. The van der Waals surface area contributed by atoms with Crippen molar-refractivity contribution in [2.24, 2.45) is 5.73 Å². The Morgan fingerprint density at radius 1 is 1.64 bits per heavy atom. The number of carbonyl (C=O) groups excluding carboxylic acids is 1. The summed E-state index contributed by atoms with van der Waals surface area (Å²) < 4.78 is 18.2. The SMILES string of the molecule is COC(=O)[C@H](N)c1c(F)cccc1Br. The van der Waals surface area contributed by atoms with Crippen molar-refractivity contribution in [2.75, 3.05) is 7.11 Å². The number of nitrogens with two attached hydrogens (primary N) is 1. The lowest BCUT2D eigenvalue weighted by Gasteiger charge is -2.11. The Hall–Kier alpha value is -0.940. The van der Waals surface area contributed by atoms with Gasteiger partial charge in [0, 0.05) is 10.0 Å². The number of halogens is 2. The third-order valence-electron chi connectivity index (χ3n) is 1.77. The molecular formula is C9H9BrFNO2. The van der Waals surface area contributed by atoms with Crippen LogP contribution >= 0.6 is 15.9 Å². The van der Waals surface area contributed by atoms with Crippen molar-refractivity contribution in [1.29, 1.82) is 0 Å². The summed E-state index contributed by atoms with van der Waals surface area (Å²) in [4.78, 5) is 11.1. The minimum atomic E-state index is -1.10. The van der Waals surface area contributed by atoms with E-state index in [0.29, 0.717) is 4.47 Å². The van der Waals surface area contributed by atoms with E-state index in [0.717, 1.165) is 0 Å². The molecule has 0 fully saturated rings. The molecule has 0 radical (unpaired) electrons. The van der Waals surface area contributed by atoms with Crippen molar-refractivity contribution in [2.45, 2.75) is 6.04 Å². The number of esters is 1. The van der Waals surface area contributed by atoms with Crippen LogP contribution in [0, 0.1) is 5.82 Å². The van der Waals surface area contributed by atoms with Crippen LogP contribution in [0.15, 0.2) is 22.7 Å². The quantitative estimate of drug-likeness (QED) is 0.826.